The van der Waals surface area contributed by atoms with Crippen LogP contribution in [0.15, 0.2) is 28.9 Å². The highest BCUT2D eigenvalue weighted by Crippen LogP contribution is 2.18. The summed E-state index contributed by atoms with van der Waals surface area (Å²) >= 11 is 3.45. The highest BCUT2D eigenvalue weighted by molar-refractivity contribution is 9.10. The Morgan fingerprint density at radius 3 is 2.60 bits per heavy atom. The zero-order chi connectivity index (χ0) is 14.5. The molecule has 4 nitrogen and oxygen atoms in total. The Balaban J connectivity index is 2.26. The molecule has 0 aliphatic rings. The number of hydrogen-bond acceptors (Lipinski definition) is 4. The van der Waals surface area contributed by atoms with Crippen LogP contribution in [-0.2, 0) is 13.0 Å². The van der Waals surface area contributed by atoms with Crippen LogP contribution in [0.25, 0.3) is 0 Å². The molecule has 0 spiro atoms. The van der Waals surface area contributed by atoms with Crippen LogP contribution in [0.3, 0.4) is 0 Å². The lowest BCUT2D eigenvalue weighted by Gasteiger charge is -2.22. The van der Waals surface area contributed by atoms with Gasteiger partial charge in [-0.15, -0.1) is 0 Å². The van der Waals surface area contributed by atoms with E-state index in [4.69, 9.17) is 0 Å². The predicted molar refractivity (Wildman–Crippen MR) is 84.8 cm³/mol. The van der Waals surface area contributed by atoms with E-state index in [0.717, 1.165) is 47.1 Å². The van der Waals surface area contributed by atoms with Crippen molar-refractivity contribution in [1.82, 2.24) is 15.0 Å². The summed E-state index contributed by atoms with van der Waals surface area (Å²) in [6, 6.07) is 8.06. The summed E-state index contributed by atoms with van der Waals surface area (Å²) in [4.78, 5) is 15.7. The maximum Gasteiger partial charge on any atom is 0.133 e. The second-order valence-corrected chi connectivity index (χ2v) is 5.42. The van der Waals surface area contributed by atoms with Crippen molar-refractivity contribution >= 4 is 21.7 Å². The van der Waals surface area contributed by atoms with Crippen molar-refractivity contribution in [3.63, 3.8) is 0 Å². The maximum atomic E-state index is 4.60. The summed E-state index contributed by atoms with van der Waals surface area (Å²) in [5.41, 5.74) is 2.09. The Bertz CT molecular complexity index is 586. The van der Waals surface area contributed by atoms with Gasteiger partial charge in [0.05, 0.1) is 12.2 Å². The molecule has 106 valence electrons. The average Bonchev–Trinajstić information content (AvgIpc) is 2.44. The summed E-state index contributed by atoms with van der Waals surface area (Å²) < 4.78 is 0.829. The highest BCUT2D eigenvalue weighted by atomic mass is 79.9. The molecular weight excluding hydrogens is 316 g/mol. The van der Waals surface area contributed by atoms with E-state index >= 15 is 0 Å². The van der Waals surface area contributed by atoms with Crippen LogP contribution >= 0.6 is 15.9 Å². The Hall–Kier alpha value is -1.49. The second-order valence-electron chi connectivity index (χ2n) is 4.60. The summed E-state index contributed by atoms with van der Waals surface area (Å²) in [5, 5.41) is 0. The molecule has 0 saturated heterocycles. The molecule has 0 bridgehead atoms. The first-order valence-electron chi connectivity index (χ1n) is 6.83. The van der Waals surface area contributed by atoms with Crippen LogP contribution in [0.1, 0.15) is 31.1 Å². The van der Waals surface area contributed by atoms with Crippen molar-refractivity contribution in [2.24, 2.45) is 0 Å². The van der Waals surface area contributed by atoms with Gasteiger partial charge in [0, 0.05) is 24.7 Å². The molecule has 0 aliphatic carbocycles. The molecule has 2 aromatic rings. The van der Waals surface area contributed by atoms with Crippen LogP contribution in [0, 0.1) is 6.92 Å². The third-order valence-electron chi connectivity index (χ3n) is 3.05. The van der Waals surface area contributed by atoms with E-state index in [1.165, 1.54) is 0 Å². The molecule has 0 radical (unpaired) electrons. The Labute approximate surface area is 128 Å². The SMILES string of the molecule is CCc1nc(Br)cc(N(CC)Cc2cccc(C)n2)n1. The number of halogens is 1. The molecule has 0 fully saturated rings. The molecule has 0 aliphatic heterocycles. The monoisotopic (exact) mass is 334 g/mol. The lowest BCUT2D eigenvalue weighted by Crippen LogP contribution is -2.24. The van der Waals surface area contributed by atoms with E-state index in [9.17, 15) is 0 Å². The Morgan fingerprint density at radius 2 is 1.95 bits per heavy atom. The number of rotatable bonds is 5. The van der Waals surface area contributed by atoms with Gasteiger partial charge in [-0.3, -0.25) is 4.98 Å². The van der Waals surface area contributed by atoms with Crippen molar-refractivity contribution < 1.29 is 0 Å². The van der Waals surface area contributed by atoms with E-state index in [1.807, 2.05) is 31.2 Å². The van der Waals surface area contributed by atoms with Crippen molar-refractivity contribution in [3.05, 3.63) is 46.1 Å². The molecule has 0 N–H and O–H groups in total. The molecule has 2 rings (SSSR count). The Morgan fingerprint density at radius 1 is 1.15 bits per heavy atom. The van der Waals surface area contributed by atoms with Gasteiger partial charge in [-0.2, -0.15) is 0 Å². The number of pyridine rings is 1. The summed E-state index contributed by atoms with van der Waals surface area (Å²) in [5.74, 6) is 1.79. The minimum Gasteiger partial charge on any atom is -0.351 e. The largest absolute Gasteiger partial charge is 0.351 e. The Kier molecular flexibility index (Phi) is 5.06. The molecule has 2 heterocycles. The molecule has 0 saturated carbocycles. The van der Waals surface area contributed by atoms with Crippen LogP contribution in [0.5, 0.6) is 0 Å². The quantitative estimate of drug-likeness (QED) is 0.784. The van der Waals surface area contributed by atoms with E-state index in [2.05, 4.69) is 49.6 Å². The zero-order valence-corrected chi connectivity index (χ0v) is 13.7. The van der Waals surface area contributed by atoms with Gasteiger partial charge in [-0.05, 0) is 41.9 Å². The van der Waals surface area contributed by atoms with Crippen LogP contribution < -0.4 is 4.90 Å². The topological polar surface area (TPSA) is 41.9 Å². The molecule has 20 heavy (non-hydrogen) atoms. The standard InChI is InChI=1S/C15H19BrN4/c1-4-14-18-13(16)9-15(19-14)20(5-2)10-12-8-6-7-11(3)17-12/h6-9H,4-5,10H2,1-3H3. The molecule has 0 aromatic carbocycles. The summed E-state index contributed by atoms with van der Waals surface area (Å²) in [7, 11) is 0. The van der Waals surface area contributed by atoms with E-state index in [1.54, 1.807) is 0 Å². The molecular formula is C15H19BrN4. The first kappa shape index (κ1) is 14.9. The van der Waals surface area contributed by atoms with Gasteiger partial charge in [-0.1, -0.05) is 13.0 Å². The minimum absolute atomic E-state index is 0.755. The van der Waals surface area contributed by atoms with Crippen molar-refractivity contribution in [2.75, 3.05) is 11.4 Å². The van der Waals surface area contributed by atoms with Crippen molar-refractivity contribution in [3.8, 4) is 0 Å². The molecule has 0 atom stereocenters. The first-order valence-corrected chi connectivity index (χ1v) is 7.62. The van der Waals surface area contributed by atoms with Crippen molar-refractivity contribution in [2.45, 2.75) is 33.7 Å². The van der Waals surface area contributed by atoms with Gasteiger partial charge < -0.3 is 4.90 Å². The van der Waals surface area contributed by atoms with Crippen molar-refractivity contribution in [1.29, 1.82) is 0 Å². The lowest BCUT2D eigenvalue weighted by atomic mass is 10.3. The first-order chi connectivity index (χ1) is 9.62. The van der Waals surface area contributed by atoms with E-state index in [0.29, 0.717) is 0 Å². The minimum atomic E-state index is 0.755. The molecule has 0 amide bonds. The van der Waals surface area contributed by atoms with E-state index in [-0.39, 0.29) is 0 Å². The van der Waals surface area contributed by atoms with Gasteiger partial charge >= 0.3 is 0 Å². The fraction of sp³-hybridized carbons (Fsp3) is 0.400. The normalized spacial score (nSPS) is 10.6. The summed E-state index contributed by atoms with van der Waals surface area (Å²) in [6.07, 6.45) is 0.826. The van der Waals surface area contributed by atoms with Gasteiger partial charge in [0.15, 0.2) is 0 Å². The number of anilines is 1. The fourth-order valence-corrected chi connectivity index (χ4v) is 2.42. The van der Waals surface area contributed by atoms with Crippen LogP contribution in [0.4, 0.5) is 5.82 Å². The summed E-state index contributed by atoms with van der Waals surface area (Å²) in [6.45, 7) is 7.82. The highest BCUT2D eigenvalue weighted by Gasteiger charge is 2.10. The van der Waals surface area contributed by atoms with Gasteiger partial charge in [0.1, 0.15) is 16.2 Å². The van der Waals surface area contributed by atoms with Crippen LogP contribution in [-0.4, -0.2) is 21.5 Å². The second kappa shape index (κ2) is 6.79. The lowest BCUT2D eigenvalue weighted by molar-refractivity contribution is 0.775. The smallest absolute Gasteiger partial charge is 0.133 e. The number of aryl methyl sites for hydroxylation is 2. The predicted octanol–water partition coefficient (Wildman–Crippen LogP) is 3.53. The van der Waals surface area contributed by atoms with Gasteiger partial charge in [0.2, 0.25) is 0 Å². The third kappa shape index (κ3) is 3.76. The molecule has 5 heteroatoms. The third-order valence-corrected chi connectivity index (χ3v) is 3.45. The number of hydrogen-bond donors (Lipinski definition) is 0. The maximum absolute atomic E-state index is 4.60. The zero-order valence-electron chi connectivity index (χ0n) is 12.1. The number of aromatic nitrogens is 3. The van der Waals surface area contributed by atoms with Gasteiger partial charge in [0.25, 0.3) is 0 Å². The average molecular weight is 335 g/mol. The molecule has 0 unspecified atom stereocenters. The van der Waals surface area contributed by atoms with Gasteiger partial charge in [-0.25, -0.2) is 9.97 Å². The number of nitrogens with zero attached hydrogens (tertiary/aromatic N) is 4. The fourth-order valence-electron chi connectivity index (χ4n) is 2.01. The molecule has 2 aromatic heterocycles. The van der Waals surface area contributed by atoms with E-state index < -0.39 is 0 Å². The van der Waals surface area contributed by atoms with Crippen LogP contribution in [0.2, 0.25) is 0 Å².